The number of para-hydroxylation sites is 1. The number of fused-ring (bicyclic) bond motifs is 2. The minimum absolute atomic E-state index is 0.0841. The second-order valence-corrected chi connectivity index (χ2v) is 10.7. The summed E-state index contributed by atoms with van der Waals surface area (Å²) in [5.74, 6) is 0.609. The van der Waals surface area contributed by atoms with Crippen molar-refractivity contribution in [2.45, 2.75) is 33.3 Å². The Morgan fingerprint density at radius 2 is 1.96 bits per heavy atom. The lowest BCUT2D eigenvalue weighted by Crippen LogP contribution is -2.38. The smallest absolute Gasteiger partial charge is 0.264 e. The van der Waals surface area contributed by atoms with E-state index < -0.39 is 10.0 Å². The summed E-state index contributed by atoms with van der Waals surface area (Å²) >= 11 is 3.25. The Hall–Kier alpha value is -1.64. The normalized spacial score (nSPS) is 20.0. The Morgan fingerprint density at radius 3 is 2.81 bits per heavy atom. The molecule has 26 heavy (non-hydrogen) atoms. The number of amides is 1. The maximum absolute atomic E-state index is 13.3. The predicted octanol–water partition coefficient (Wildman–Crippen LogP) is 3.81. The van der Waals surface area contributed by atoms with Gasteiger partial charge < -0.3 is 5.32 Å². The molecular formula is C18H18N2O3S3. The second-order valence-electron chi connectivity index (χ2n) is 6.24. The van der Waals surface area contributed by atoms with Crippen LogP contribution in [0.2, 0.25) is 0 Å². The Labute approximate surface area is 161 Å². The highest BCUT2D eigenvalue weighted by molar-refractivity contribution is 8.00. The predicted molar refractivity (Wildman–Crippen MR) is 107 cm³/mol. The third-order valence-corrected chi connectivity index (χ3v) is 8.29. The first-order valence-corrected chi connectivity index (χ1v) is 11.6. The standard InChI is InChI=1S/C18H18N2O3S3/c1-12-11-20(15-4-2-3-5-17(15)25-12)26(22,23)13-6-7-16-14(10-13)19-18(21)8-9-24-16/h2-7,10,12H,8-9,11H2,1H3,(H,19,21)/t12-/m1/s1. The van der Waals surface area contributed by atoms with Crippen molar-refractivity contribution in [2.75, 3.05) is 21.9 Å². The van der Waals surface area contributed by atoms with E-state index >= 15 is 0 Å². The van der Waals surface area contributed by atoms with Crippen LogP contribution in [-0.4, -0.2) is 31.9 Å². The van der Waals surface area contributed by atoms with Crippen LogP contribution in [0, 0.1) is 0 Å². The molecule has 1 amide bonds. The van der Waals surface area contributed by atoms with Gasteiger partial charge in [-0.2, -0.15) is 0 Å². The zero-order valence-corrected chi connectivity index (χ0v) is 16.6. The van der Waals surface area contributed by atoms with E-state index in [1.807, 2.05) is 31.2 Å². The van der Waals surface area contributed by atoms with Crippen molar-refractivity contribution in [3.8, 4) is 0 Å². The third kappa shape index (κ3) is 3.21. The zero-order valence-electron chi connectivity index (χ0n) is 14.1. The van der Waals surface area contributed by atoms with Crippen molar-refractivity contribution in [1.29, 1.82) is 0 Å². The van der Waals surface area contributed by atoms with E-state index in [1.165, 1.54) is 4.31 Å². The van der Waals surface area contributed by atoms with Gasteiger partial charge in [0, 0.05) is 33.8 Å². The summed E-state index contributed by atoms with van der Waals surface area (Å²) in [6.45, 7) is 2.44. The number of anilines is 2. The monoisotopic (exact) mass is 406 g/mol. The van der Waals surface area contributed by atoms with Crippen LogP contribution >= 0.6 is 23.5 Å². The number of sulfonamides is 1. The van der Waals surface area contributed by atoms with Gasteiger partial charge >= 0.3 is 0 Å². The molecule has 0 aromatic heterocycles. The van der Waals surface area contributed by atoms with E-state index in [-0.39, 0.29) is 16.1 Å². The van der Waals surface area contributed by atoms with Crippen LogP contribution in [0.5, 0.6) is 0 Å². The summed E-state index contributed by atoms with van der Waals surface area (Å²) < 4.78 is 28.2. The van der Waals surface area contributed by atoms with E-state index in [0.29, 0.717) is 30.1 Å². The van der Waals surface area contributed by atoms with Crippen LogP contribution < -0.4 is 9.62 Å². The van der Waals surface area contributed by atoms with Crippen LogP contribution in [0.3, 0.4) is 0 Å². The van der Waals surface area contributed by atoms with Gasteiger partial charge in [-0.1, -0.05) is 19.1 Å². The minimum Gasteiger partial charge on any atom is -0.325 e. The molecule has 0 saturated carbocycles. The van der Waals surface area contributed by atoms with Gasteiger partial charge in [-0.3, -0.25) is 9.10 Å². The molecule has 0 spiro atoms. The van der Waals surface area contributed by atoms with Crippen LogP contribution in [0.15, 0.2) is 57.2 Å². The molecule has 0 saturated heterocycles. The van der Waals surface area contributed by atoms with Crippen LogP contribution in [0.25, 0.3) is 0 Å². The van der Waals surface area contributed by atoms with Crippen molar-refractivity contribution in [1.82, 2.24) is 0 Å². The SMILES string of the molecule is C[C@@H]1CN(S(=O)(=O)c2ccc3c(c2)NC(=O)CCS3)c2ccccc2S1. The van der Waals surface area contributed by atoms with Gasteiger partial charge in [0.1, 0.15) is 0 Å². The molecule has 0 bridgehead atoms. The average Bonchev–Trinajstić information content (AvgIpc) is 2.80. The Kier molecular flexibility index (Phi) is 4.66. The van der Waals surface area contributed by atoms with Gasteiger partial charge in [-0.25, -0.2) is 8.42 Å². The molecule has 5 nitrogen and oxygen atoms in total. The van der Waals surface area contributed by atoms with Gasteiger partial charge in [0.05, 0.1) is 16.3 Å². The second kappa shape index (κ2) is 6.83. The van der Waals surface area contributed by atoms with Crippen molar-refractivity contribution < 1.29 is 13.2 Å². The van der Waals surface area contributed by atoms with Gasteiger partial charge in [-0.15, -0.1) is 23.5 Å². The largest absolute Gasteiger partial charge is 0.325 e. The molecule has 1 atom stereocenters. The van der Waals surface area contributed by atoms with Gasteiger partial charge in [0.2, 0.25) is 5.91 Å². The van der Waals surface area contributed by atoms with Crippen molar-refractivity contribution in [3.63, 3.8) is 0 Å². The molecule has 2 aromatic carbocycles. The fourth-order valence-corrected chi connectivity index (χ4v) is 6.86. The third-order valence-electron chi connectivity index (χ3n) is 4.28. The number of hydrogen-bond donors (Lipinski definition) is 1. The first-order chi connectivity index (χ1) is 12.4. The molecule has 0 unspecified atom stereocenters. The lowest BCUT2D eigenvalue weighted by atomic mass is 10.3. The number of carbonyl (C=O) groups excluding carboxylic acids is 1. The highest BCUT2D eigenvalue weighted by Gasteiger charge is 2.32. The molecule has 0 fully saturated rings. The number of nitrogens with zero attached hydrogens (tertiary/aromatic N) is 1. The Bertz CT molecular complexity index is 975. The Balaban J connectivity index is 1.77. The summed E-state index contributed by atoms with van der Waals surface area (Å²) in [4.78, 5) is 13.9. The highest BCUT2D eigenvalue weighted by Crippen LogP contribution is 2.41. The fraction of sp³-hybridized carbons (Fsp3) is 0.278. The molecule has 8 heteroatoms. The van der Waals surface area contributed by atoms with Crippen molar-refractivity contribution >= 4 is 50.8 Å². The number of benzene rings is 2. The molecule has 0 radical (unpaired) electrons. The van der Waals surface area contributed by atoms with Gasteiger partial charge in [-0.05, 0) is 30.3 Å². The van der Waals surface area contributed by atoms with E-state index in [4.69, 9.17) is 0 Å². The number of hydrogen-bond acceptors (Lipinski definition) is 5. The fourth-order valence-electron chi connectivity index (χ4n) is 3.06. The lowest BCUT2D eigenvalue weighted by Gasteiger charge is -2.33. The molecule has 2 aromatic rings. The first-order valence-electron chi connectivity index (χ1n) is 8.30. The first kappa shape index (κ1) is 17.8. The van der Waals surface area contributed by atoms with E-state index in [0.717, 1.165) is 9.79 Å². The molecule has 1 N–H and O–H groups in total. The number of thioether (sulfide) groups is 2. The van der Waals surface area contributed by atoms with Crippen LogP contribution in [0.1, 0.15) is 13.3 Å². The molecule has 2 aliphatic rings. The summed E-state index contributed by atoms with van der Waals surface area (Å²) in [5.41, 5.74) is 1.29. The lowest BCUT2D eigenvalue weighted by molar-refractivity contribution is -0.115. The molecule has 0 aliphatic carbocycles. The maximum Gasteiger partial charge on any atom is 0.264 e. The van der Waals surface area contributed by atoms with Crippen molar-refractivity contribution in [2.24, 2.45) is 0 Å². The molecule has 136 valence electrons. The topological polar surface area (TPSA) is 66.5 Å². The molecule has 4 rings (SSSR count). The van der Waals surface area contributed by atoms with Gasteiger partial charge in [0.25, 0.3) is 10.0 Å². The van der Waals surface area contributed by atoms with Gasteiger partial charge in [0.15, 0.2) is 0 Å². The maximum atomic E-state index is 13.3. The number of nitrogens with one attached hydrogen (secondary N) is 1. The summed E-state index contributed by atoms with van der Waals surface area (Å²) in [7, 11) is -3.71. The molecule has 2 heterocycles. The average molecular weight is 407 g/mol. The van der Waals surface area contributed by atoms with E-state index in [2.05, 4.69) is 5.32 Å². The quantitative estimate of drug-likeness (QED) is 0.821. The van der Waals surface area contributed by atoms with Crippen LogP contribution in [-0.2, 0) is 14.8 Å². The summed E-state index contributed by atoms with van der Waals surface area (Å²) in [5, 5.41) is 2.98. The van der Waals surface area contributed by atoms with E-state index in [9.17, 15) is 13.2 Å². The van der Waals surface area contributed by atoms with Crippen LogP contribution in [0.4, 0.5) is 11.4 Å². The molecule has 2 aliphatic heterocycles. The number of rotatable bonds is 2. The summed E-state index contributed by atoms with van der Waals surface area (Å²) in [6.07, 6.45) is 0.426. The zero-order chi connectivity index (χ0) is 18.3. The highest BCUT2D eigenvalue weighted by atomic mass is 32.2. The minimum atomic E-state index is -3.71. The Morgan fingerprint density at radius 1 is 1.15 bits per heavy atom. The van der Waals surface area contributed by atoms with E-state index in [1.54, 1.807) is 41.7 Å². The van der Waals surface area contributed by atoms with Crippen molar-refractivity contribution in [3.05, 3.63) is 42.5 Å². The number of carbonyl (C=O) groups is 1. The summed E-state index contributed by atoms with van der Waals surface area (Å²) in [6, 6.07) is 12.6. The molecular weight excluding hydrogens is 388 g/mol.